The Hall–Kier alpha value is -2.53. The molecule has 2 aromatic carbocycles. The summed E-state index contributed by atoms with van der Waals surface area (Å²) in [6, 6.07) is 12.4. The highest BCUT2D eigenvalue weighted by Crippen LogP contribution is 2.21. The number of carbonyl (C=O) groups is 2. The van der Waals surface area contributed by atoms with Crippen molar-refractivity contribution in [2.75, 3.05) is 13.2 Å². The normalized spacial score (nSPS) is 11.6. The SMILES string of the molecule is CCCNC(=O)[C@H](C)N(Cc1ccc(Cl)cc1)C(=O)COc1cccc(C)c1C. The molecule has 1 N–H and O–H groups in total. The molecule has 0 aromatic heterocycles. The third-order valence-electron chi connectivity index (χ3n) is 4.89. The maximum Gasteiger partial charge on any atom is 0.261 e. The fourth-order valence-electron chi connectivity index (χ4n) is 2.87. The fraction of sp³-hybridized carbons (Fsp3) is 0.391. The second-order valence-corrected chi connectivity index (χ2v) is 7.54. The fourth-order valence-corrected chi connectivity index (χ4v) is 2.99. The number of aryl methyl sites for hydroxylation is 1. The van der Waals surface area contributed by atoms with Gasteiger partial charge in [0.25, 0.3) is 5.91 Å². The Kier molecular flexibility index (Phi) is 8.52. The number of rotatable bonds is 9. The van der Waals surface area contributed by atoms with Crippen LogP contribution in [0.5, 0.6) is 5.75 Å². The van der Waals surface area contributed by atoms with E-state index < -0.39 is 6.04 Å². The van der Waals surface area contributed by atoms with Crippen LogP contribution in [0.1, 0.15) is 37.0 Å². The molecule has 0 aliphatic rings. The maximum absolute atomic E-state index is 13.0. The summed E-state index contributed by atoms with van der Waals surface area (Å²) in [5.74, 6) is 0.244. The predicted molar refractivity (Wildman–Crippen MR) is 116 cm³/mol. The number of amides is 2. The number of benzene rings is 2. The minimum atomic E-state index is -0.619. The number of nitrogens with one attached hydrogen (secondary N) is 1. The highest BCUT2D eigenvalue weighted by Gasteiger charge is 2.26. The molecular formula is C23H29ClN2O3. The second kappa shape index (κ2) is 10.9. The van der Waals surface area contributed by atoms with Gasteiger partial charge in [0, 0.05) is 18.1 Å². The van der Waals surface area contributed by atoms with Crippen molar-refractivity contribution in [1.29, 1.82) is 0 Å². The Morgan fingerprint density at radius 3 is 2.48 bits per heavy atom. The molecule has 6 heteroatoms. The van der Waals surface area contributed by atoms with Crippen molar-refractivity contribution in [2.24, 2.45) is 0 Å². The molecule has 2 rings (SSSR count). The lowest BCUT2D eigenvalue weighted by Crippen LogP contribution is -2.49. The van der Waals surface area contributed by atoms with Gasteiger partial charge in [0.05, 0.1) is 0 Å². The van der Waals surface area contributed by atoms with Gasteiger partial charge in [-0.25, -0.2) is 0 Å². The van der Waals surface area contributed by atoms with Gasteiger partial charge in [-0.3, -0.25) is 9.59 Å². The largest absolute Gasteiger partial charge is 0.483 e. The molecule has 1 atom stereocenters. The van der Waals surface area contributed by atoms with Crippen LogP contribution in [-0.2, 0) is 16.1 Å². The average Bonchev–Trinajstić information content (AvgIpc) is 2.71. The van der Waals surface area contributed by atoms with Crippen molar-refractivity contribution in [1.82, 2.24) is 10.2 Å². The molecule has 0 aliphatic carbocycles. The summed E-state index contributed by atoms with van der Waals surface area (Å²) >= 11 is 5.96. The van der Waals surface area contributed by atoms with Crippen LogP contribution in [-0.4, -0.2) is 35.9 Å². The molecular weight excluding hydrogens is 388 g/mol. The van der Waals surface area contributed by atoms with Crippen LogP contribution < -0.4 is 10.1 Å². The number of nitrogens with zero attached hydrogens (tertiary/aromatic N) is 1. The molecule has 0 radical (unpaired) electrons. The molecule has 5 nitrogen and oxygen atoms in total. The van der Waals surface area contributed by atoms with E-state index in [1.807, 2.05) is 51.1 Å². The standard InChI is InChI=1S/C23H29ClN2O3/c1-5-13-25-23(28)18(4)26(14-19-9-11-20(24)12-10-19)22(27)15-29-21-8-6-7-16(2)17(21)3/h6-12,18H,5,13-15H2,1-4H3,(H,25,28)/t18-/m0/s1. The monoisotopic (exact) mass is 416 g/mol. The number of halogens is 1. The Labute approximate surface area is 178 Å². The minimum absolute atomic E-state index is 0.136. The molecule has 2 aromatic rings. The van der Waals surface area contributed by atoms with Gasteiger partial charge >= 0.3 is 0 Å². The van der Waals surface area contributed by atoms with Crippen molar-refractivity contribution < 1.29 is 14.3 Å². The highest BCUT2D eigenvalue weighted by molar-refractivity contribution is 6.30. The Morgan fingerprint density at radius 1 is 1.14 bits per heavy atom. The molecule has 0 bridgehead atoms. The van der Waals surface area contributed by atoms with Gasteiger partial charge in [-0.15, -0.1) is 0 Å². The van der Waals surface area contributed by atoms with E-state index in [0.29, 0.717) is 23.9 Å². The lowest BCUT2D eigenvalue weighted by Gasteiger charge is -2.29. The van der Waals surface area contributed by atoms with E-state index in [4.69, 9.17) is 16.3 Å². The minimum Gasteiger partial charge on any atom is -0.483 e. The van der Waals surface area contributed by atoms with Crippen molar-refractivity contribution in [3.05, 3.63) is 64.2 Å². The van der Waals surface area contributed by atoms with Crippen molar-refractivity contribution >= 4 is 23.4 Å². The molecule has 29 heavy (non-hydrogen) atoms. The Balaban J connectivity index is 2.15. The molecule has 156 valence electrons. The smallest absolute Gasteiger partial charge is 0.261 e. The van der Waals surface area contributed by atoms with Crippen LogP contribution in [0.25, 0.3) is 0 Å². The van der Waals surface area contributed by atoms with E-state index >= 15 is 0 Å². The second-order valence-electron chi connectivity index (χ2n) is 7.10. The van der Waals surface area contributed by atoms with Crippen LogP contribution in [0.3, 0.4) is 0 Å². The van der Waals surface area contributed by atoms with Crippen LogP contribution >= 0.6 is 11.6 Å². The Morgan fingerprint density at radius 2 is 1.83 bits per heavy atom. The summed E-state index contributed by atoms with van der Waals surface area (Å²) in [5, 5.41) is 3.48. The van der Waals surface area contributed by atoms with E-state index in [2.05, 4.69) is 5.32 Å². The first-order valence-corrected chi connectivity index (χ1v) is 10.2. The zero-order valence-electron chi connectivity index (χ0n) is 17.5. The van der Waals surface area contributed by atoms with Gasteiger partial charge in [0.15, 0.2) is 6.61 Å². The van der Waals surface area contributed by atoms with Crippen molar-refractivity contribution in [3.8, 4) is 5.75 Å². The van der Waals surface area contributed by atoms with Gasteiger partial charge in [-0.1, -0.05) is 42.8 Å². The quantitative estimate of drug-likeness (QED) is 0.663. The molecule has 0 heterocycles. The predicted octanol–water partition coefficient (Wildman–Crippen LogP) is 4.28. The summed E-state index contributed by atoms with van der Waals surface area (Å²) in [5.41, 5.74) is 2.99. The first-order valence-electron chi connectivity index (χ1n) is 9.84. The van der Waals surface area contributed by atoms with E-state index in [1.54, 1.807) is 24.0 Å². The Bertz CT molecular complexity index is 837. The van der Waals surface area contributed by atoms with Gasteiger partial charge in [-0.05, 0) is 62.1 Å². The summed E-state index contributed by atoms with van der Waals surface area (Å²) < 4.78 is 5.78. The lowest BCUT2D eigenvalue weighted by molar-refractivity contribution is -0.142. The third-order valence-corrected chi connectivity index (χ3v) is 5.14. The third kappa shape index (κ3) is 6.50. The number of carbonyl (C=O) groups excluding carboxylic acids is 2. The maximum atomic E-state index is 13.0. The summed E-state index contributed by atoms with van der Waals surface area (Å²) in [4.78, 5) is 27.0. The van der Waals surface area contributed by atoms with E-state index in [1.165, 1.54) is 0 Å². The van der Waals surface area contributed by atoms with Crippen molar-refractivity contribution in [3.63, 3.8) is 0 Å². The van der Waals surface area contributed by atoms with Gasteiger partial charge in [-0.2, -0.15) is 0 Å². The molecule has 0 unspecified atom stereocenters. The molecule has 0 saturated heterocycles. The summed E-state index contributed by atoms with van der Waals surface area (Å²) in [7, 11) is 0. The van der Waals surface area contributed by atoms with E-state index in [0.717, 1.165) is 23.1 Å². The number of hydrogen-bond acceptors (Lipinski definition) is 3. The zero-order valence-corrected chi connectivity index (χ0v) is 18.3. The number of hydrogen-bond donors (Lipinski definition) is 1. The van der Waals surface area contributed by atoms with Crippen LogP contribution in [0.15, 0.2) is 42.5 Å². The topological polar surface area (TPSA) is 58.6 Å². The molecule has 0 spiro atoms. The summed E-state index contributed by atoms with van der Waals surface area (Å²) in [6.07, 6.45) is 0.833. The van der Waals surface area contributed by atoms with Gasteiger partial charge in [0.2, 0.25) is 5.91 Å². The first kappa shape index (κ1) is 22.8. The summed E-state index contributed by atoms with van der Waals surface area (Å²) in [6.45, 7) is 8.41. The molecule has 0 saturated carbocycles. The van der Waals surface area contributed by atoms with Crippen molar-refractivity contribution in [2.45, 2.75) is 46.7 Å². The molecule has 0 aliphatic heterocycles. The first-order chi connectivity index (χ1) is 13.8. The molecule has 2 amide bonds. The zero-order chi connectivity index (χ0) is 21.4. The molecule has 0 fully saturated rings. The number of ether oxygens (including phenoxy) is 1. The van der Waals surface area contributed by atoms with Crippen LogP contribution in [0, 0.1) is 13.8 Å². The van der Waals surface area contributed by atoms with Crippen LogP contribution in [0.4, 0.5) is 0 Å². The lowest BCUT2D eigenvalue weighted by atomic mass is 10.1. The van der Waals surface area contributed by atoms with E-state index in [-0.39, 0.29) is 18.4 Å². The highest BCUT2D eigenvalue weighted by atomic mass is 35.5. The van der Waals surface area contributed by atoms with Gasteiger partial charge < -0.3 is 15.0 Å². The van der Waals surface area contributed by atoms with Crippen LogP contribution in [0.2, 0.25) is 5.02 Å². The van der Waals surface area contributed by atoms with E-state index in [9.17, 15) is 9.59 Å². The van der Waals surface area contributed by atoms with Gasteiger partial charge in [0.1, 0.15) is 11.8 Å². The average molecular weight is 417 g/mol.